The number of aliphatic imine (C=N–C) groups is 1. The largest absolute Gasteiger partial charge is 0.497 e. The highest BCUT2D eigenvalue weighted by Gasteiger charge is 2.05. The van der Waals surface area contributed by atoms with Crippen molar-refractivity contribution in [1.29, 1.82) is 0 Å². The van der Waals surface area contributed by atoms with Crippen LogP contribution in [0.25, 0.3) is 0 Å². The van der Waals surface area contributed by atoms with Gasteiger partial charge in [-0.15, -0.1) is 35.3 Å². The minimum absolute atomic E-state index is 0. The van der Waals surface area contributed by atoms with Crippen LogP contribution in [0.2, 0.25) is 0 Å². The number of furan rings is 1. The topological polar surface area (TPSA) is 71.7 Å². The molecule has 2 heterocycles. The number of methoxy groups -OCH3 is 1. The quantitative estimate of drug-likeness (QED) is 0.219. The molecule has 0 aliphatic rings. The number of benzene rings is 1. The van der Waals surface area contributed by atoms with Crippen LogP contribution >= 0.6 is 35.3 Å². The molecule has 0 aliphatic heterocycles. The van der Waals surface area contributed by atoms with Crippen molar-refractivity contribution in [1.82, 2.24) is 15.6 Å². The number of aromatic nitrogens is 1. The molecule has 168 valence electrons. The summed E-state index contributed by atoms with van der Waals surface area (Å²) in [5.74, 6) is 2.66. The van der Waals surface area contributed by atoms with Gasteiger partial charge >= 0.3 is 0 Å². The summed E-state index contributed by atoms with van der Waals surface area (Å²) in [7, 11) is 1.68. The molecule has 0 amide bonds. The SMILES string of the molecule is COc1ccc(CCNC(=NCCc2nc(C)c(C)s2)NCCc2ccco2)cc1.I. The molecule has 0 unspecified atom stereocenters. The van der Waals surface area contributed by atoms with Crippen LogP contribution in [0.15, 0.2) is 52.1 Å². The summed E-state index contributed by atoms with van der Waals surface area (Å²) < 4.78 is 10.6. The molecule has 0 saturated heterocycles. The molecule has 0 spiro atoms. The summed E-state index contributed by atoms with van der Waals surface area (Å²) in [6, 6.07) is 12.1. The van der Waals surface area contributed by atoms with E-state index in [0.29, 0.717) is 6.54 Å². The van der Waals surface area contributed by atoms with Gasteiger partial charge in [-0.05, 0) is 50.1 Å². The lowest BCUT2D eigenvalue weighted by molar-refractivity contribution is 0.414. The van der Waals surface area contributed by atoms with Gasteiger partial charge in [-0.2, -0.15) is 0 Å². The number of nitrogens with one attached hydrogen (secondary N) is 2. The molecule has 0 saturated carbocycles. The average molecular weight is 554 g/mol. The van der Waals surface area contributed by atoms with Crippen LogP contribution < -0.4 is 15.4 Å². The zero-order valence-corrected chi connectivity index (χ0v) is 21.5. The summed E-state index contributed by atoms with van der Waals surface area (Å²) in [4.78, 5) is 10.6. The van der Waals surface area contributed by atoms with E-state index in [9.17, 15) is 0 Å². The fourth-order valence-corrected chi connectivity index (χ4v) is 3.88. The fourth-order valence-electron chi connectivity index (χ4n) is 2.96. The van der Waals surface area contributed by atoms with Gasteiger partial charge in [0.1, 0.15) is 11.5 Å². The van der Waals surface area contributed by atoms with E-state index in [1.54, 1.807) is 24.7 Å². The molecule has 2 aromatic heterocycles. The molecule has 31 heavy (non-hydrogen) atoms. The molecule has 0 atom stereocenters. The second-order valence-electron chi connectivity index (χ2n) is 7.01. The van der Waals surface area contributed by atoms with E-state index in [2.05, 4.69) is 41.6 Å². The van der Waals surface area contributed by atoms with Crippen molar-refractivity contribution in [2.24, 2.45) is 4.99 Å². The van der Waals surface area contributed by atoms with Gasteiger partial charge in [-0.1, -0.05) is 12.1 Å². The molecule has 1 aromatic carbocycles. The number of hydrogen-bond acceptors (Lipinski definition) is 5. The molecule has 0 fully saturated rings. The van der Waals surface area contributed by atoms with Gasteiger partial charge in [0.2, 0.25) is 0 Å². The molecular weight excluding hydrogens is 523 g/mol. The zero-order valence-electron chi connectivity index (χ0n) is 18.3. The minimum Gasteiger partial charge on any atom is -0.497 e. The summed E-state index contributed by atoms with van der Waals surface area (Å²) in [5.41, 5.74) is 2.38. The Labute approximate surface area is 205 Å². The Kier molecular flexibility index (Phi) is 10.9. The average Bonchev–Trinajstić information content (AvgIpc) is 3.38. The molecule has 2 N–H and O–H groups in total. The fraction of sp³-hybridized carbons (Fsp3) is 0.391. The van der Waals surface area contributed by atoms with Crippen LogP contribution in [-0.2, 0) is 19.3 Å². The highest BCUT2D eigenvalue weighted by atomic mass is 127. The van der Waals surface area contributed by atoms with Crippen LogP contribution in [0, 0.1) is 13.8 Å². The molecule has 0 aliphatic carbocycles. The predicted octanol–water partition coefficient (Wildman–Crippen LogP) is 4.54. The molecular formula is C23H31IN4O2S. The maximum absolute atomic E-state index is 5.41. The third kappa shape index (κ3) is 8.53. The van der Waals surface area contributed by atoms with E-state index < -0.39 is 0 Å². The van der Waals surface area contributed by atoms with Crippen LogP contribution in [0.4, 0.5) is 0 Å². The smallest absolute Gasteiger partial charge is 0.191 e. The third-order valence-electron chi connectivity index (χ3n) is 4.78. The second-order valence-corrected chi connectivity index (χ2v) is 8.30. The van der Waals surface area contributed by atoms with E-state index >= 15 is 0 Å². The Morgan fingerprint density at radius 2 is 1.81 bits per heavy atom. The van der Waals surface area contributed by atoms with Gasteiger partial charge in [0, 0.05) is 37.4 Å². The van der Waals surface area contributed by atoms with E-state index in [4.69, 9.17) is 14.1 Å². The summed E-state index contributed by atoms with van der Waals surface area (Å²) in [6.45, 7) is 6.43. The van der Waals surface area contributed by atoms with E-state index in [1.807, 2.05) is 24.3 Å². The highest BCUT2D eigenvalue weighted by molar-refractivity contribution is 14.0. The molecule has 6 nitrogen and oxygen atoms in total. The van der Waals surface area contributed by atoms with Crippen molar-refractivity contribution < 1.29 is 9.15 Å². The van der Waals surface area contributed by atoms with Crippen LogP contribution in [0.5, 0.6) is 5.75 Å². The Morgan fingerprint density at radius 1 is 1.06 bits per heavy atom. The van der Waals surface area contributed by atoms with Crippen LogP contribution in [-0.4, -0.2) is 37.7 Å². The standard InChI is InChI=1S/C23H30N4O2S.HI/c1-17-18(2)30-22(27-17)12-15-26-23(25-14-11-21-5-4-16-29-21)24-13-10-19-6-8-20(28-3)9-7-19;/h4-9,16H,10-15H2,1-3H3,(H2,24,25,26);1H. The number of rotatable bonds is 10. The number of hydrogen-bond donors (Lipinski definition) is 2. The first-order valence-electron chi connectivity index (χ1n) is 10.2. The van der Waals surface area contributed by atoms with Crippen molar-refractivity contribution in [2.45, 2.75) is 33.1 Å². The number of aryl methyl sites for hydroxylation is 2. The predicted molar refractivity (Wildman–Crippen MR) is 138 cm³/mol. The Bertz CT molecular complexity index is 904. The number of thiazole rings is 1. The molecule has 8 heteroatoms. The number of halogens is 1. The van der Waals surface area contributed by atoms with Crippen LogP contribution in [0.3, 0.4) is 0 Å². The van der Waals surface area contributed by atoms with Crippen molar-refractivity contribution in [3.05, 3.63) is 69.6 Å². The number of guanidine groups is 1. The highest BCUT2D eigenvalue weighted by Crippen LogP contribution is 2.16. The summed E-state index contributed by atoms with van der Waals surface area (Å²) >= 11 is 1.76. The monoisotopic (exact) mass is 554 g/mol. The number of ether oxygens (including phenoxy) is 1. The molecule has 3 aromatic rings. The Hall–Kier alpha value is -2.07. The lowest BCUT2D eigenvalue weighted by atomic mass is 10.1. The van der Waals surface area contributed by atoms with E-state index in [1.165, 1.54) is 10.4 Å². The number of nitrogens with zero attached hydrogens (tertiary/aromatic N) is 2. The maximum Gasteiger partial charge on any atom is 0.191 e. The normalized spacial score (nSPS) is 11.1. The van der Waals surface area contributed by atoms with Gasteiger partial charge in [0.05, 0.1) is 24.1 Å². The van der Waals surface area contributed by atoms with E-state index in [-0.39, 0.29) is 24.0 Å². The lowest BCUT2D eigenvalue weighted by Crippen LogP contribution is -2.39. The summed E-state index contributed by atoms with van der Waals surface area (Å²) in [6.07, 6.45) is 4.28. The van der Waals surface area contributed by atoms with Gasteiger partial charge < -0.3 is 19.8 Å². The molecule has 3 rings (SSSR count). The third-order valence-corrected chi connectivity index (χ3v) is 5.91. The first-order chi connectivity index (χ1) is 14.6. The van der Waals surface area contributed by atoms with Gasteiger partial charge in [0.25, 0.3) is 0 Å². The maximum atomic E-state index is 5.41. The van der Waals surface area contributed by atoms with Crippen molar-refractivity contribution in [3.63, 3.8) is 0 Å². The van der Waals surface area contributed by atoms with Crippen molar-refractivity contribution in [2.75, 3.05) is 26.7 Å². The minimum atomic E-state index is 0. The van der Waals surface area contributed by atoms with Gasteiger partial charge in [0.15, 0.2) is 5.96 Å². The second kappa shape index (κ2) is 13.4. The molecule has 0 bridgehead atoms. The van der Waals surface area contributed by atoms with Crippen molar-refractivity contribution in [3.8, 4) is 5.75 Å². The first kappa shape index (κ1) is 25.2. The lowest BCUT2D eigenvalue weighted by Gasteiger charge is -2.12. The van der Waals surface area contributed by atoms with Crippen LogP contribution in [0.1, 0.15) is 26.9 Å². The van der Waals surface area contributed by atoms with Crippen molar-refractivity contribution >= 4 is 41.3 Å². The Balaban J connectivity index is 0.00000341. The van der Waals surface area contributed by atoms with E-state index in [0.717, 1.165) is 60.5 Å². The first-order valence-corrected chi connectivity index (χ1v) is 11.1. The van der Waals surface area contributed by atoms with Gasteiger partial charge in [-0.3, -0.25) is 4.99 Å². The molecule has 0 radical (unpaired) electrons. The zero-order chi connectivity index (χ0) is 21.2. The van der Waals surface area contributed by atoms with Gasteiger partial charge in [-0.25, -0.2) is 4.98 Å². The Morgan fingerprint density at radius 3 is 2.42 bits per heavy atom. The summed E-state index contributed by atoms with van der Waals surface area (Å²) in [5, 5.41) is 7.99.